The second kappa shape index (κ2) is 8.85. The van der Waals surface area contributed by atoms with Crippen LogP contribution in [-0.2, 0) is 9.16 Å². The summed E-state index contributed by atoms with van der Waals surface area (Å²) in [6, 6.07) is 7.78. The van der Waals surface area contributed by atoms with E-state index in [0.717, 1.165) is 11.3 Å². The Kier molecular flexibility index (Phi) is 7.63. The average molecular weight is 375 g/mol. The van der Waals surface area contributed by atoms with Crippen LogP contribution >= 0.6 is 0 Å². The molecule has 1 aromatic carbocycles. The van der Waals surface area contributed by atoms with Crippen LogP contribution in [-0.4, -0.2) is 27.6 Å². The van der Waals surface area contributed by atoms with Gasteiger partial charge < -0.3 is 13.9 Å². The quantitative estimate of drug-likeness (QED) is 0.367. The summed E-state index contributed by atoms with van der Waals surface area (Å²) >= 11 is 0. The van der Waals surface area contributed by atoms with Gasteiger partial charge in [0.1, 0.15) is 17.5 Å². The third kappa shape index (κ3) is 5.43. The van der Waals surface area contributed by atoms with Crippen LogP contribution in [0, 0.1) is 0 Å². The van der Waals surface area contributed by atoms with Crippen molar-refractivity contribution in [2.75, 3.05) is 13.7 Å². The van der Waals surface area contributed by atoms with Crippen LogP contribution in [0.2, 0.25) is 18.1 Å². The first-order chi connectivity index (χ1) is 12.0. The van der Waals surface area contributed by atoms with Crippen molar-refractivity contribution in [1.82, 2.24) is 0 Å². The largest absolute Gasteiger partial charge is 0.497 e. The zero-order valence-electron chi connectivity index (χ0n) is 17.2. The van der Waals surface area contributed by atoms with Gasteiger partial charge in [-0.05, 0) is 35.8 Å². The van der Waals surface area contributed by atoms with Gasteiger partial charge in [0.05, 0.1) is 13.7 Å². The minimum absolute atomic E-state index is 0.0814. The summed E-state index contributed by atoms with van der Waals surface area (Å²) in [5, 5.41) is 0.0814. The number of hydrogen-bond donors (Lipinski definition) is 0. The SMILES string of the molecule is C=CC(OCC(C=C)(C=C)O[Si](C)(C)C(C)(C)C)c1ccc(OC)cc1. The molecule has 0 aliphatic carbocycles. The highest BCUT2D eigenvalue weighted by molar-refractivity contribution is 6.74. The molecule has 0 bridgehead atoms. The Morgan fingerprint density at radius 2 is 1.58 bits per heavy atom. The Bertz CT molecular complexity index is 603. The van der Waals surface area contributed by atoms with Gasteiger partial charge in [-0.2, -0.15) is 0 Å². The Labute approximate surface area is 160 Å². The summed E-state index contributed by atoms with van der Waals surface area (Å²) in [4.78, 5) is 0. The Hall–Kier alpha value is -1.62. The van der Waals surface area contributed by atoms with Crippen molar-refractivity contribution in [1.29, 1.82) is 0 Å². The first-order valence-corrected chi connectivity index (χ1v) is 11.8. The van der Waals surface area contributed by atoms with Crippen LogP contribution in [0.3, 0.4) is 0 Å². The third-order valence-electron chi connectivity index (χ3n) is 5.09. The molecule has 4 heteroatoms. The van der Waals surface area contributed by atoms with Gasteiger partial charge in [0.25, 0.3) is 0 Å². The van der Waals surface area contributed by atoms with E-state index in [2.05, 4.69) is 53.6 Å². The molecule has 0 radical (unpaired) electrons. The number of ether oxygens (including phenoxy) is 2. The molecule has 1 aromatic rings. The minimum Gasteiger partial charge on any atom is -0.497 e. The van der Waals surface area contributed by atoms with Gasteiger partial charge in [-0.25, -0.2) is 0 Å². The summed E-state index contributed by atoms with van der Waals surface area (Å²) < 4.78 is 17.9. The van der Waals surface area contributed by atoms with Crippen molar-refractivity contribution >= 4 is 8.32 Å². The molecule has 0 aliphatic heterocycles. The fourth-order valence-corrected chi connectivity index (χ4v) is 3.74. The lowest BCUT2D eigenvalue weighted by atomic mass is 10.1. The lowest BCUT2D eigenvalue weighted by Gasteiger charge is -2.43. The van der Waals surface area contributed by atoms with Crippen LogP contribution in [0.1, 0.15) is 32.4 Å². The maximum absolute atomic E-state index is 6.58. The van der Waals surface area contributed by atoms with Crippen molar-refractivity contribution in [2.24, 2.45) is 0 Å². The molecule has 0 amide bonds. The van der Waals surface area contributed by atoms with E-state index in [0.29, 0.717) is 6.61 Å². The van der Waals surface area contributed by atoms with Gasteiger partial charge in [0, 0.05) is 0 Å². The van der Waals surface area contributed by atoms with Crippen molar-refractivity contribution in [3.63, 3.8) is 0 Å². The van der Waals surface area contributed by atoms with E-state index < -0.39 is 13.9 Å². The van der Waals surface area contributed by atoms with Crippen LogP contribution in [0.5, 0.6) is 5.75 Å². The topological polar surface area (TPSA) is 27.7 Å². The summed E-state index contributed by atoms with van der Waals surface area (Å²) in [6.07, 6.45) is 5.11. The maximum Gasteiger partial charge on any atom is 0.193 e. The molecule has 0 spiro atoms. The molecular formula is C22H34O3Si. The smallest absolute Gasteiger partial charge is 0.193 e. The normalized spacial score (nSPS) is 13.8. The van der Waals surface area contributed by atoms with Gasteiger partial charge in [-0.3, -0.25) is 0 Å². The van der Waals surface area contributed by atoms with Gasteiger partial charge in [0.15, 0.2) is 8.32 Å². The molecule has 3 nitrogen and oxygen atoms in total. The summed E-state index contributed by atoms with van der Waals surface area (Å²) in [5.41, 5.74) is 0.284. The number of hydrogen-bond acceptors (Lipinski definition) is 3. The zero-order chi connectivity index (χ0) is 20.0. The molecule has 1 atom stereocenters. The predicted molar refractivity (Wildman–Crippen MR) is 113 cm³/mol. The first kappa shape index (κ1) is 22.4. The monoisotopic (exact) mass is 374 g/mol. The van der Waals surface area contributed by atoms with Crippen molar-refractivity contribution in [3.8, 4) is 5.75 Å². The van der Waals surface area contributed by atoms with Crippen LogP contribution in [0.4, 0.5) is 0 Å². The summed E-state index contributed by atoms with van der Waals surface area (Å²) in [7, 11) is -0.371. The number of methoxy groups -OCH3 is 1. The standard InChI is InChI=1S/C22H34O3Si/c1-10-20(18-13-15-19(23-7)16-14-18)24-17-22(11-2,12-3)25-26(8,9)21(4,5)6/h10-16,20H,1-3,17H2,4-9H3. The van der Waals surface area contributed by atoms with E-state index in [1.54, 1.807) is 25.3 Å². The Morgan fingerprint density at radius 1 is 1.04 bits per heavy atom. The van der Waals surface area contributed by atoms with Gasteiger partial charge in [-0.15, -0.1) is 6.58 Å². The second-order valence-electron chi connectivity index (χ2n) is 7.97. The highest BCUT2D eigenvalue weighted by Gasteiger charge is 2.43. The van der Waals surface area contributed by atoms with Gasteiger partial charge in [0.2, 0.25) is 0 Å². The third-order valence-corrected chi connectivity index (χ3v) is 9.59. The molecule has 0 saturated heterocycles. The highest BCUT2D eigenvalue weighted by Crippen LogP contribution is 2.40. The lowest BCUT2D eigenvalue weighted by Crippen LogP contribution is -2.50. The Balaban J connectivity index is 2.96. The molecule has 26 heavy (non-hydrogen) atoms. The van der Waals surface area contributed by atoms with Crippen molar-refractivity contribution < 1.29 is 13.9 Å². The van der Waals surface area contributed by atoms with Gasteiger partial charge >= 0.3 is 0 Å². The van der Waals surface area contributed by atoms with Crippen LogP contribution in [0.15, 0.2) is 62.2 Å². The molecule has 1 rings (SSSR count). The molecular weight excluding hydrogens is 340 g/mol. The van der Waals surface area contributed by atoms with Crippen molar-refractivity contribution in [3.05, 3.63) is 67.8 Å². The van der Waals surface area contributed by atoms with Gasteiger partial charge in [-0.1, -0.05) is 64.3 Å². The lowest BCUT2D eigenvalue weighted by molar-refractivity contribution is -0.00164. The fraction of sp³-hybridized carbons (Fsp3) is 0.455. The zero-order valence-corrected chi connectivity index (χ0v) is 18.2. The van der Waals surface area contributed by atoms with E-state index in [1.807, 2.05) is 24.3 Å². The van der Waals surface area contributed by atoms with Crippen molar-refractivity contribution in [2.45, 2.75) is 50.6 Å². The van der Waals surface area contributed by atoms with E-state index in [-0.39, 0.29) is 11.1 Å². The summed E-state index contributed by atoms with van der Waals surface area (Å²) in [6.45, 7) is 23.2. The van der Waals surface area contributed by atoms with E-state index in [4.69, 9.17) is 13.9 Å². The van der Waals surface area contributed by atoms with E-state index in [1.165, 1.54) is 0 Å². The minimum atomic E-state index is -2.02. The molecule has 144 valence electrons. The molecule has 0 N–H and O–H groups in total. The van der Waals surface area contributed by atoms with Crippen LogP contribution < -0.4 is 4.74 Å². The predicted octanol–water partition coefficient (Wildman–Crippen LogP) is 6.07. The second-order valence-corrected chi connectivity index (χ2v) is 12.7. The van der Waals surface area contributed by atoms with E-state index in [9.17, 15) is 0 Å². The molecule has 1 unspecified atom stereocenters. The molecule has 0 aromatic heterocycles. The average Bonchev–Trinajstić information content (AvgIpc) is 2.60. The van der Waals surface area contributed by atoms with Crippen LogP contribution in [0.25, 0.3) is 0 Å². The fourth-order valence-electron chi connectivity index (χ4n) is 2.26. The first-order valence-electron chi connectivity index (χ1n) is 8.89. The number of rotatable bonds is 10. The maximum atomic E-state index is 6.58. The number of benzene rings is 1. The summed E-state index contributed by atoms with van der Waals surface area (Å²) in [5.74, 6) is 0.810. The molecule has 0 aliphatic rings. The highest BCUT2D eigenvalue weighted by atomic mass is 28.4. The Morgan fingerprint density at radius 3 is 1.96 bits per heavy atom. The molecule has 0 fully saturated rings. The van der Waals surface area contributed by atoms with E-state index >= 15 is 0 Å². The molecule has 0 saturated carbocycles. The molecule has 0 heterocycles.